The molecule has 3 aliphatic rings. The van der Waals surface area contributed by atoms with Gasteiger partial charge in [0.15, 0.2) is 0 Å². The zero-order chi connectivity index (χ0) is 21.2. The molecule has 5 heterocycles. The van der Waals surface area contributed by atoms with Crippen molar-refractivity contribution in [2.45, 2.75) is 37.3 Å². The Kier molecular flexibility index (Phi) is 4.04. The molecule has 3 aromatic rings. The molecule has 2 spiro atoms. The van der Waals surface area contributed by atoms with E-state index in [-0.39, 0.29) is 17.0 Å². The van der Waals surface area contributed by atoms with Gasteiger partial charge in [0.25, 0.3) is 5.91 Å². The van der Waals surface area contributed by atoms with Gasteiger partial charge in [0.2, 0.25) is 5.76 Å². The number of carbonyl (C=O) groups is 1. The third-order valence-electron chi connectivity index (χ3n) is 6.88. The van der Waals surface area contributed by atoms with Gasteiger partial charge in [0.05, 0.1) is 35.0 Å². The van der Waals surface area contributed by atoms with Gasteiger partial charge in [0.1, 0.15) is 5.54 Å². The first-order valence-electron chi connectivity index (χ1n) is 10.6. The van der Waals surface area contributed by atoms with E-state index in [0.29, 0.717) is 36.2 Å². The van der Waals surface area contributed by atoms with Crippen LogP contribution in [0.5, 0.6) is 0 Å². The highest BCUT2D eigenvalue weighted by Crippen LogP contribution is 2.50. The molecule has 160 valence electrons. The number of carbonyl (C=O) groups excluding carboxylic acids is 1. The van der Waals surface area contributed by atoms with Crippen LogP contribution in [-0.2, 0) is 10.3 Å². The molecule has 31 heavy (non-hydrogen) atoms. The highest BCUT2D eigenvalue weighted by molar-refractivity contribution is 6.31. The van der Waals surface area contributed by atoms with Crippen molar-refractivity contribution in [3.63, 3.8) is 0 Å². The maximum Gasteiger partial charge on any atom is 0.292 e. The third kappa shape index (κ3) is 2.91. The quantitative estimate of drug-likeness (QED) is 0.618. The molecule has 0 bridgehead atoms. The molecular weight excluding hydrogens is 416 g/mol. The number of likely N-dealkylation sites (tertiary alicyclic amines) is 1. The summed E-state index contributed by atoms with van der Waals surface area (Å²) in [5.41, 5.74) is 3.46. The molecule has 1 atom stereocenters. The summed E-state index contributed by atoms with van der Waals surface area (Å²) in [5.74, 6) is 0.203. The van der Waals surface area contributed by atoms with Crippen LogP contribution in [0.4, 0.5) is 5.69 Å². The molecule has 0 unspecified atom stereocenters. The summed E-state index contributed by atoms with van der Waals surface area (Å²) in [6.45, 7) is 3.67. The molecule has 7 nitrogen and oxygen atoms in total. The Bertz CT molecular complexity index is 1180. The molecular formula is C23H23ClN4O3. The molecule has 0 aliphatic carbocycles. The molecule has 8 heteroatoms. The minimum Gasteiger partial charge on any atom is -0.372 e. The van der Waals surface area contributed by atoms with Crippen LogP contribution in [0.25, 0.3) is 5.69 Å². The standard InChI is InChI=1S/C23H23ClN4O3/c1-15-11-19(31-26-15)21(29)27-9-6-22(7-10-27)13-23(14-30-22)20-3-2-8-28(20)18-5-4-16(24)12-17(18)25-23/h2-5,8,11-12,25H,6-7,9-10,13-14H2,1H3/t23-/m1/s1. The maximum atomic E-state index is 12.7. The number of hydrogen-bond acceptors (Lipinski definition) is 5. The number of rotatable bonds is 1. The molecule has 1 amide bonds. The van der Waals surface area contributed by atoms with Gasteiger partial charge >= 0.3 is 0 Å². The number of anilines is 1. The highest BCUT2D eigenvalue weighted by Gasteiger charge is 2.54. The Morgan fingerprint density at radius 1 is 1.23 bits per heavy atom. The second-order valence-corrected chi connectivity index (χ2v) is 9.34. The molecule has 2 aromatic heterocycles. The number of aromatic nitrogens is 2. The number of halogens is 1. The summed E-state index contributed by atoms with van der Waals surface area (Å²) in [6, 6.07) is 11.9. The van der Waals surface area contributed by atoms with Crippen molar-refractivity contribution in [2.75, 3.05) is 25.0 Å². The van der Waals surface area contributed by atoms with Crippen LogP contribution in [0.1, 0.15) is 41.2 Å². The van der Waals surface area contributed by atoms with Crippen LogP contribution in [0.3, 0.4) is 0 Å². The Morgan fingerprint density at radius 3 is 2.84 bits per heavy atom. The maximum absolute atomic E-state index is 12.7. The summed E-state index contributed by atoms with van der Waals surface area (Å²) in [7, 11) is 0. The van der Waals surface area contributed by atoms with E-state index in [4.69, 9.17) is 20.9 Å². The van der Waals surface area contributed by atoms with Crippen LogP contribution in [0.15, 0.2) is 47.1 Å². The average molecular weight is 439 g/mol. The van der Waals surface area contributed by atoms with E-state index in [0.717, 1.165) is 30.6 Å². The molecule has 3 aliphatic heterocycles. The Balaban J connectivity index is 1.24. The molecule has 1 aromatic carbocycles. The van der Waals surface area contributed by atoms with E-state index >= 15 is 0 Å². The second kappa shape index (κ2) is 6.61. The Hall–Kier alpha value is -2.77. The lowest BCUT2D eigenvalue weighted by Gasteiger charge is -2.41. The summed E-state index contributed by atoms with van der Waals surface area (Å²) in [6.07, 6.45) is 4.52. The first kappa shape index (κ1) is 19.0. The fourth-order valence-corrected chi connectivity index (χ4v) is 5.53. The van der Waals surface area contributed by atoms with Crippen molar-refractivity contribution in [1.82, 2.24) is 14.6 Å². The normalized spacial score (nSPS) is 23.6. The van der Waals surface area contributed by atoms with Gasteiger partial charge < -0.3 is 24.0 Å². The summed E-state index contributed by atoms with van der Waals surface area (Å²) in [4.78, 5) is 14.6. The average Bonchev–Trinajstić information content (AvgIpc) is 3.49. The van der Waals surface area contributed by atoms with E-state index in [1.807, 2.05) is 30.0 Å². The number of ether oxygens (including phenoxy) is 1. The van der Waals surface area contributed by atoms with Crippen molar-refractivity contribution in [3.8, 4) is 5.69 Å². The van der Waals surface area contributed by atoms with Crippen LogP contribution in [-0.4, -0.2) is 45.8 Å². The van der Waals surface area contributed by atoms with Gasteiger partial charge in [-0.25, -0.2) is 0 Å². The number of nitrogens with one attached hydrogen (secondary N) is 1. The van der Waals surface area contributed by atoms with E-state index in [1.54, 1.807) is 6.07 Å². The number of piperidine rings is 1. The third-order valence-corrected chi connectivity index (χ3v) is 7.12. The number of fused-ring (bicyclic) bond motifs is 4. The summed E-state index contributed by atoms with van der Waals surface area (Å²) < 4.78 is 13.9. The van der Waals surface area contributed by atoms with Gasteiger partial charge in [0, 0.05) is 36.8 Å². The molecule has 1 N–H and O–H groups in total. The molecule has 0 radical (unpaired) electrons. The topological polar surface area (TPSA) is 72.5 Å². The van der Waals surface area contributed by atoms with Crippen molar-refractivity contribution in [1.29, 1.82) is 0 Å². The fourth-order valence-electron chi connectivity index (χ4n) is 5.35. The van der Waals surface area contributed by atoms with Gasteiger partial charge in [-0.3, -0.25) is 4.79 Å². The lowest BCUT2D eigenvalue weighted by molar-refractivity contribution is -0.0397. The number of nitrogens with zero attached hydrogens (tertiary/aromatic N) is 3. The fraction of sp³-hybridized carbons (Fsp3) is 0.391. The van der Waals surface area contributed by atoms with Crippen molar-refractivity contribution >= 4 is 23.2 Å². The van der Waals surface area contributed by atoms with Crippen LogP contribution < -0.4 is 5.32 Å². The smallest absolute Gasteiger partial charge is 0.292 e. The molecule has 0 saturated carbocycles. The lowest BCUT2D eigenvalue weighted by atomic mass is 9.79. The summed E-state index contributed by atoms with van der Waals surface area (Å²) >= 11 is 6.28. The first-order valence-corrected chi connectivity index (χ1v) is 11.0. The van der Waals surface area contributed by atoms with Gasteiger partial charge in [-0.2, -0.15) is 0 Å². The highest BCUT2D eigenvalue weighted by atomic mass is 35.5. The minimum absolute atomic E-state index is 0.101. The van der Waals surface area contributed by atoms with Gasteiger partial charge in [-0.15, -0.1) is 0 Å². The van der Waals surface area contributed by atoms with Crippen LogP contribution in [0.2, 0.25) is 5.02 Å². The van der Waals surface area contributed by atoms with Crippen molar-refractivity contribution in [2.24, 2.45) is 0 Å². The minimum atomic E-state index is -0.310. The van der Waals surface area contributed by atoms with Crippen LogP contribution >= 0.6 is 11.6 Å². The zero-order valence-electron chi connectivity index (χ0n) is 17.2. The number of aryl methyl sites for hydroxylation is 1. The SMILES string of the molecule is Cc1cc(C(=O)N2CCC3(CC2)C[C@]2(CO3)Nc3cc(Cl)ccc3-n3cccc32)on1. The Morgan fingerprint density at radius 2 is 2.06 bits per heavy atom. The van der Waals surface area contributed by atoms with Crippen LogP contribution in [0, 0.1) is 6.92 Å². The lowest BCUT2D eigenvalue weighted by Crippen LogP contribution is -2.48. The largest absolute Gasteiger partial charge is 0.372 e. The number of amides is 1. The number of benzene rings is 1. The molecule has 2 fully saturated rings. The number of hydrogen-bond donors (Lipinski definition) is 1. The molecule has 6 rings (SSSR count). The second-order valence-electron chi connectivity index (χ2n) is 8.91. The predicted octanol–water partition coefficient (Wildman–Crippen LogP) is 4.14. The summed E-state index contributed by atoms with van der Waals surface area (Å²) in [5, 5.41) is 8.30. The van der Waals surface area contributed by atoms with Gasteiger partial charge in [-0.05, 0) is 50.1 Å². The van der Waals surface area contributed by atoms with Crippen molar-refractivity contribution in [3.05, 3.63) is 64.8 Å². The van der Waals surface area contributed by atoms with Crippen molar-refractivity contribution < 1.29 is 14.1 Å². The Labute approximate surface area is 184 Å². The first-order chi connectivity index (χ1) is 15.0. The monoisotopic (exact) mass is 438 g/mol. The van der Waals surface area contributed by atoms with E-state index in [1.165, 1.54) is 5.69 Å². The molecule has 2 saturated heterocycles. The van der Waals surface area contributed by atoms with Gasteiger partial charge in [-0.1, -0.05) is 16.8 Å². The predicted molar refractivity (Wildman–Crippen MR) is 116 cm³/mol. The zero-order valence-corrected chi connectivity index (χ0v) is 18.0. The van der Waals surface area contributed by atoms with E-state index < -0.39 is 0 Å². The van der Waals surface area contributed by atoms with E-state index in [9.17, 15) is 4.79 Å². The van der Waals surface area contributed by atoms with E-state index in [2.05, 4.69) is 33.4 Å².